The molecule has 1 aliphatic heterocycles. The van der Waals surface area contributed by atoms with Crippen molar-refractivity contribution in [1.82, 2.24) is 0 Å². The molecule has 0 bridgehead atoms. The van der Waals surface area contributed by atoms with Gasteiger partial charge in [-0.25, -0.2) is 4.79 Å². The van der Waals surface area contributed by atoms with Crippen LogP contribution < -0.4 is 0 Å². The van der Waals surface area contributed by atoms with Crippen LogP contribution in [0.2, 0.25) is 0 Å². The fourth-order valence-corrected chi connectivity index (χ4v) is 1.46. The monoisotopic (exact) mass is 186 g/mol. The third kappa shape index (κ3) is 1.94. The van der Waals surface area contributed by atoms with Crippen LogP contribution in [0.4, 0.5) is 0 Å². The van der Waals surface area contributed by atoms with E-state index in [0.29, 0.717) is 6.42 Å². The number of ether oxygens (including phenoxy) is 1. The van der Waals surface area contributed by atoms with Gasteiger partial charge in [-0.1, -0.05) is 36.3 Å². The van der Waals surface area contributed by atoms with E-state index < -0.39 is 5.97 Å². The zero-order chi connectivity index (χ0) is 9.80. The first-order chi connectivity index (χ1) is 6.86. The molecule has 0 radical (unpaired) electrons. The average molecular weight is 186 g/mol. The second-order valence-corrected chi connectivity index (χ2v) is 3.15. The summed E-state index contributed by atoms with van der Waals surface area (Å²) in [7, 11) is 0. The third-order valence-electron chi connectivity index (χ3n) is 2.14. The molecule has 1 atom stereocenters. The van der Waals surface area contributed by atoms with Crippen molar-refractivity contribution in [2.24, 2.45) is 0 Å². The third-order valence-corrected chi connectivity index (χ3v) is 2.14. The summed E-state index contributed by atoms with van der Waals surface area (Å²) in [4.78, 5) is 11.1. The Hall–Kier alpha value is -1.75. The number of rotatable bonds is 1. The van der Waals surface area contributed by atoms with Gasteiger partial charge < -0.3 is 4.74 Å². The molecule has 0 saturated carbocycles. The van der Waals surface area contributed by atoms with Crippen LogP contribution in [0.25, 0.3) is 0 Å². The lowest BCUT2D eigenvalue weighted by molar-refractivity contribution is -0.142. The first kappa shape index (κ1) is 8.83. The fraction of sp³-hybridized carbons (Fsp3) is 0.250. The van der Waals surface area contributed by atoms with E-state index in [1.807, 2.05) is 30.3 Å². The lowest BCUT2D eigenvalue weighted by Gasteiger charge is -2.14. The minimum Gasteiger partial charge on any atom is -0.448 e. The zero-order valence-electron chi connectivity index (χ0n) is 7.69. The van der Waals surface area contributed by atoms with Crippen molar-refractivity contribution in [3.63, 3.8) is 0 Å². The Balaban J connectivity index is 2.17. The quantitative estimate of drug-likeness (QED) is 0.381. The molecule has 1 unspecified atom stereocenters. The first-order valence-corrected chi connectivity index (χ1v) is 4.61. The summed E-state index contributed by atoms with van der Waals surface area (Å²) < 4.78 is 5.18. The van der Waals surface area contributed by atoms with Crippen molar-refractivity contribution in [2.45, 2.75) is 18.9 Å². The Kier molecular flexibility index (Phi) is 2.51. The fourth-order valence-electron chi connectivity index (χ4n) is 1.46. The smallest absolute Gasteiger partial charge is 0.384 e. The van der Waals surface area contributed by atoms with Gasteiger partial charge in [0.15, 0.2) is 0 Å². The Morgan fingerprint density at radius 3 is 2.86 bits per heavy atom. The number of carbonyl (C=O) groups is 1. The van der Waals surface area contributed by atoms with Crippen LogP contribution in [0, 0.1) is 11.8 Å². The summed E-state index contributed by atoms with van der Waals surface area (Å²) in [6, 6.07) is 9.74. The van der Waals surface area contributed by atoms with E-state index in [0.717, 1.165) is 12.0 Å². The van der Waals surface area contributed by atoms with Gasteiger partial charge in [0, 0.05) is 12.3 Å². The van der Waals surface area contributed by atoms with Gasteiger partial charge in [-0.05, 0) is 12.0 Å². The molecule has 0 spiro atoms. The highest BCUT2D eigenvalue weighted by atomic mass is 16.5. The molecule has 14 heavy (non-hydrogen) atoms. The molecule has 1 aromatic rings. The van der Waals surface area contributed by atoms with Crippen LogP contribution in [0.15, 0.2) is 30.3 Å². The van der Waals surface area contributed by atoms with Crippen LogP contribution in [0.1, 0.15) is 24.5 Å². The van der Waals surface area contributed by atoms with Gasteiger partial charge in [0.2, 0.25) is 0 Å². The molecule has 2 rings (SSSR count). The summed E-state index contributed by atoms with van der Waals surface area (Å²) in [5.74, 6) is 4.79. The van der Waals surface area contributed by atoms with Gasteiger partial charge in [-0.2, -0.15) is 0 Å². The number of esters is 1. The average Bonchev–Trinajstić information content (AvgIpc) is 2.44. The Morgan fingerprint density at radius 1 is 1.29 bits per heavy atom. The molecule has 0 amide bonds. The van der Waals surface area contributed by atoms with E-state index in [-0.39, 0.29) is 6.10 Å². The highest BCUT2D eigenvalue weighted by Crippen LogP contribution is 2.23. The number of hydrogen-bond acceptors (Lipinski definition) is 2. The Bertz CT molecular complexity index is 384. The predicted octanol–water partition coefficient (Wildman–Crippen LogP) is 2.07. The van der Waals surface area contributed by atoms with Crippen molar-refractivity contribution in [3.05, 3.63) is 35.9 Å². The van der Waals surface area contributed by atoms with Gasteiger partial charge >= 0.3 is 5.97 Å². The van der Waals surface area contributed by atoms with Crippen molar-refractivity contribution >= 4 is 5.97 Å². The number of carbonyl (C=O) groups excluding carboxylic acids is 1. The van der Waals surface area contributed by atoms with Crippen LogP contribution in [0.5, 0.6) is 0 Å². The first-order valence-electron chi connectivity index (χ1n) is 4.61. The molecule has 0 N–H and O–H groups in total. The molecule has 1 heterocycles. The van der Waals surface area contributed by atoms with Crippen molar-refractivity contribution in [1.29, 1.82) is 0 Å². The highest BCUT2D eigenvalue weighted by molar-refractivity contribution is 5.88. The SMILES string of the molecule is O=C1C#CCCC(c2ccccc2)O1. The molecule has 0 fully saturated rings. The molecule has 0 saturated heterocycles. The van der Waals surface area contributed by atoms with E-state index in [2.05, 4.69) is 11.8 Å². The zero-order valence-corrected chi connectivity index (χ0v) is 7.69. The van der Waals surface area contributed by atoms with Crippen molar-refractivity contribution in [2.75, 3.05) is 0 Å². The predicted molar refractivity (Wildman–Crippen MR) is 52.3 cm³/mol. The second-order valence-electron chi connectivity index (χ2n) is 3.15. The van der Waals surface area contributed by atoms with Crippen molar-refractivity contribution in [3.8, 4) is 11.8 Å². The molecule has 2 nitrogen and oxygen atoms in total. The van der Waals surface area contributed by atoms with Gasteiger partial charge in [0.1, 0.15) is 6.10 Å². The maximum absolute atomic E-state index is 11.1. The lowest BCUT2D eigenvalue weighted by atomic mass is 10.1. The maximum atomic E-state index is 11.1. The summed E-state index contributed by atoms with van der Waals surface area (Å²) >= 11 is 0. The summed E-state index contributed by atoms with van der Waals surface area (Å²) in [6.07, 6.45) is 1.35. The van der Waals surface area contributed by atoms with Crippen molar-refractivity contribution < 1.29 is 9.53 Å². The van der Waals surface area contributed by atoms with E-state index in [4.69, 9.17) is 4.74 Å². The minimum atomic E-state index is -0.420. The van der Waals surface area contributed by atoms with Crippen LogP contribution >= 0.6 is 0 Å². The highest BCUT2D eigenvalue weighted by Gasteiger charge is 2.16. The second kappa shape index (κ2) is 3.97. The lowest BCUT2D eigenvalue weighted by Crippen LogP contribution is -2.07. The maximum Gasteiger partial charge on any atom is 0.384 e. The van der Waals surface area contributed by atoms with E-state index in [1.54, 1.807) is 0 Å². The van der Waals surface area contributed by atoms with E-state index in [1.165, 1.54) is 0 Å². The normalized spacial score (nSPS) is 20.3. The number of benzene rings is 1. The molecule has 1 aliphatic rings. The largest absolute Gasteiger partial charge is 0.448 e. The van der Waals surface area contributed by atoms with Crippen LogP contribution in [0.3, 0.4) is 0 Å². The summed E-state index contributed by atoms with van der Waals surface area (Å²) in [5.41, 5.74) is 1.03. The minimum absolute atomic E-state index is 0.147. The van der Waals surface area contributed by atoms with Gasteiger partial charge in [0.25, 0.3) is 0 Å². The van der Waals surface area contributed by atoms with Crippen LogP contribution in [-0.2, 0) is 9.53 Å². The Labute approximate surface area is 82.9 Å². The standard InChI is InChI=1S/C12H10O2/c13-12-9-5-4-8-11(14-12)10-6-2-1-3-7-10/h1-3,6-7,11H,4,8H2. The topological polar surface area (TPSA) is 26.3 Å². The molecule has 0 aromatic heterocycles. The number of hydrogen-bond donors (Lipinski definition) is 0. The summed E-state index contributed by atoms with van der Waals surface area (Å²) in [6.45, 7) is 0. The number of cyclic esters (lactones) is 1. The van der Waals surface area contributed by atoms with Crippen LogP contribution in [-0.4, -0.2) is 5.97 Å². The summed E-state index contributed by atoms with van der Waals surface area (Å²) in [5, 5.41) is 0. The molecule has 2 heteroatoms. The van der Waals surface area contributed by atoms with E-state index in [9.17, 15) is 4.79 Å². The van der Waals surface area contributed by atoms with Gasteiger partial charge in [-0.15, -0.1) is 0 Å². The molecule has 0 aliphatic carbocycles. The van der Waals surface area contributed by atoms with Gasteiger partial charge in [-0.3, -0.25) is 0 Å². The molecule has 70 valence electrons. The molecule has 1 aromatic carbocycles. The van der Waals surface area contributed by atoms with E-state index >= 15 is 0 Å². The van der Waals surface area contributed by atoms with Gasteiger partial charge in [0.05, 0.1) is 0 Å². The Morgan fingerprint density at radius 2 is 2.07 bits per heavy atom. The molecular formula is C12H10O2. The molecular weight excluding hydrogens is 176 g/mol.